The molecule has 1 aromatic rings. The molecule has 1 unspecified atom stereocenters. The molecule has 0 aliphatic carbocycles. The molecule has 1 heterocycles. The Morgan fingerprint density at radius 3 is 2.94 bits per heavy atom. The summed E-state index contributed by atoms with van der Waals surface area (Å²) in [6, 6.07) is 0.651. The van der Waals surface area contributed by atoms with Crippen molar-refractivity contribution in [1.82, 2.24) is 0 Å². The molecule has 7 heteroatoms. The number of rotatable bonds is 5. The van der Waals surface area contributed by atoms with E-state index in [0.717, 1.165) is 11.3 Å². The van der Waals surface area contributed by atoms with E-state index in [9.17, 15) is 14.9 Å². The second-order valence-electron chi connectivity index (χ2n) is 3.11. The summed E-state index contributed by atoms with van der Waals surface area (Å²) >= 11 is 1.02. The molecule has 0 aliphatic rings. The minimum atomic E-state index is -0.769. The molecule has 1 aromatic heterocycles. The monoisotopic (exact) mass is 244 g/mol. The Morgan fingerprint density at radius 2 is 2.44 bits per heavy atom. The van der Waals surface area contributed by atoms with Crippen LogP contribution < -0.4 is 5.73 Å². The molecule has 6 nitrogen and oxygen atoms in total. The zero-order valence-corrected chi connectivity index (χ0v) is 9.53. The molecule has 0 spiro atoms. The summed E-state index contributed by atoms with van der Waals surface area (Å²) in [5.41, 5.74) is 6.26. The van der Waals surface area contributed by atoms with E-state index >= 15 is 0 Å². The molecule has 1 atom stereocenters. The van der Waals surface area contributed by atoms with Gasteiger partial charge >= 0.3 is 11.0 Å². The molecular weight excluding hydrogens is 232 g/mol. The third-order valence-electron chi connectivity index (χ3n) is 1.86. The molecule has 0 fully saturated rings. The van der Waals surface area contributed by atoms with Crippen LogP contribution in [0.25, 0.3) is 0 Å². The van der Waals surface area contributed by atoms with Crippen molar-refractivity contribution in [2.24, 2.45) is 5.73 Å². The summed E-state index contributed by atoms with van der Waals surface area (Å²) in [7, 11) is 0. The van der Waals surface area contributed by atoms with Gasteiger partial charge in [0.2, 0.25) is 0 Å². The van der Waals surface area contributed by atoms with Crippen molar-refractivity contribution in [3.05, 3.63) is 27.1 Å². The summed E-state index contributed by atoms with van der Waals surface area (Å²) in [6.45, 7) is 1.97. The largest absolute Gasteiger partial charge is 0.465 e. The van der Waals surface area contributed by atoms with Crippen molar-refractivity contribution in [1.29, 1.82) is 0 Å². The predicted molar refractivity (Wildman–Crippen MR) is 59.3 cm³/mol. The molecule has 0 saturated heterocycles. The lowest BCUT2D eigenvalue weighted by Crippen LogP contribution is -2.34. The van der Waals surface area contributed by atoms with Gasteiger partial charge in [-0.05, 0) is 18.9 Å². The zero-order valence-electron chi connectivity index (χ0n) is 8.71. The van der Waals surface area contributed by atoms with Crippen LogP contribution in [0.2, 0.25) is 0 Å². The average molecular weight is 244 g/mol. The molecule has 2 N–H and O–H groups in total. The third kappa shape index (κ3) is 3.28. The number of ether oxygens (including phenoxy) is 1. The van der Waals surface area contributed by atoms with Gasteiger partial charge in [0.1, 0.15) is 6.04 Å². The molecule has 0 radical (unpaired) electrons. The first-order chi connectivity index (χ1) is 7.54. The Kier molecular flexibility index (Phi) is 4.39. The van der Waals surface area contributed by atoms with Gasteiger partial charge in [0.25, 0.3) is 0 Å². The Labute approximate surface area is 96.2 Å². The SMILES string of the molecule is CCOC(=O)C(N)Cc1csc([N+](=O)[O-])c1. The van der Waals surface area contributed by atoms with E-state index in [1.807, 2.05) is 0 Å². The fourth-order valence-corrected chi connectivity index (χ4v) is 1.89. The number of carbonyl (C=O) groups is 1. The van der Waals surface area contributed by atoms with Gasteiger partial charge in [-0.25, -0.2) is 0 Å². The van der Waals surface area contributed by atoms with Gasteiger partial charge in [-0.1, -0.05) is 11.3 Å². The molecule has 1 rings (SSSR count). The van der Waals surface area contributed by atoms with Crippen molar-refractivity contribution in [3.63, 3.8) is 0 Å². The first-order valence-electron chi connectivity index (χ1n) is 4.68. The Bertz CT molecular complexity index is 391. The van der Waals surface area contributed by atoms with Gasteiger partial charge in [-0.15, -0.1) is 0 Å². The van der Waals surface area contributed by atoms with E-state index in [1.165, 1.54) is 6.07 Å². The summed E-state index contributed by atoms with van der Waals surface area (Å²) in [5, 5.41) is 12.1. The number of hydrogen-bond acceptors (Lipinski definition) is 6. The maximum absolute atomic E-state index is 11.2. The number of hydrogen-bond donors (Lipinski definition) is 1. The second kappa shape index (κ2) is 5.57. The van der Waals surface area contributed by atoms with Crippen molar-refractivity contribution < 1.29 is 14.5 Å². The van der Waals surface area contributed by atoms with Crippen molar-refractivity contribution >= 4 is 22.3 Å². The Hall–Kier alpha value is -1.47. The van der Waals surface area contributed by atoms with Crippen LogP contribution in [0.15, 0.2) is 11.4 Å². The van der Waals surface area contributed by atoms with E-state index in [2.05, 4.69) is 0 Å². The Balaban J connectivity index is 2.59. The standard InChI is InChI=1S/C9H12N2O4S/c1-2-15-9(12)7(10)3-6-4-8(11(13)14)16-5-6/h4-5,7H,2-3,10H2,1H3. The van der Waals surface area contributed by atoms with Crippen LogP contribution in [0, 0.1) is 10.1 Å². The number of nitrogens with zero attached hydrogens (tertiary/aromatic N) is 1. The molecule has 88 valence electrons. The number of thiophene rings is 1. The van der Waals surface area contributed by atoms with Crippen LogP contribution in [0.4, 0.5) is 5.00 Å². The van der Waals surface area contributed by atoms with E-state index in [1.54, 1.807) is 12.3 Å². The highest BCUT2D eigenvalue weighted by Gasteiger charge is 2.17. The quantitative estimate of drug-likeness (QED) is 0.475. The lowest BCUT2D eigenvalue weighted by molar-refractivity contribution is -0.380. The van der Waals surface area contributed by atoms with Gasteiger partial charge in [-0.3, -0.25) is 14.9 Å². The number of esters is 1. The fraction of sp³-hybridized carbons (Fsp3) is 0.444. The molecule has 0 aromatic carbocycles. The highest BCUT2D eigenvalue weighted by Crippen LogP contribution is 2.23. The molecule has 0 bridgehead atoms. The minimum Gasteiger partial charge on any atom is -0.465 e. The van der Waals surface area contributed by atoms with Gasteiger partial charge in [0.15, 0.2) is 0 Å². The molecular formula is C9H12N2O4S. The topological polar surface area (TPSA) is 95.5 Å². The Morgan fingerprint density at radius 1 is 1.75 bits per heavy atom. The molecule has 0 saturated carbocycles. The number of nitro groups is 1. The van der Waals surface area contributed by atoms with Gasteiger partial charge in [0.05, 0.1) is 11.5 Å². The van der Waals surface area contributed by atoms with Crippen LogP contribution in [-0.2, 0) is 16.0 Å². The first kappa shape index (κ1) is 12.6. The molecule has 0 aliphatic heterocycles. The van der Waals surface area contributed by atoms with Crippen molar-refractivity contribution in [2.75, 3.05) is 6.61 Å². The number of nitrogens with two attached hydrogens (primary N) is 1. The lowest BCUT2D eigenvalue weighted by Gasteiger charge is -2.08. The normalized spacial score (nSPS) is 12.1. The van der Waals surface area contributed by atoms with Gasteiger partial charge in [0, 0.05) is 11.4 Å². The predicted octanol–water partition coefficient (Wildman–Crippen LogP) is 1.09. The van der Waals surface area contributed by atoms with E-state index in [-0.39, 0.29) is 18.0 Å². The second-order valence-corrected chi connectivity index (χ2v) is 4.00. The summed E-state index contributed by atoms with van der Waals surface area (Å²) in [5.74, 6) is -0.489. The van der Waals surface area contributed by atoms with Gasteiger partial charge < -0.3 is 10.5 Å². The minimum absolute atomic E-state index is 0.0473. The third-order valence-corrected chi connectivity index (χ3v) is 2.79. The zero-order chi connectivity index (χ0) is 12.1. The highest BCUT2D eigenvalue weighted by molar-refractivity contribution is 7.13. The molecule has 0 amide bonds. The average Bonchev–Trinajstić information content (AvgIpc) is 2.66. The lowest BCUT2D eigenvalue weighted by atomic mass is 10.1. The van der Waals surface area contributed by atoms with E-state index < -0.39 is 16.9 Å². The summed E-state index contributed by atoms with van der Waals surface area (Å²) < 4.78 is 4.74. The first-order valence-corrected chi connectivity index (χ1v) is 5.56. The van der Waals surface area contributed by atoms with Crippen LogP contribution in [0.3, 0.4) is 0 Å². The molecule has 16 heavy (non-hydrogen) atoms. The van der Waals surface area contributed by atoms with Crippen LogP contribution in [-0.4, -0.2) is 23.5 Å². The summed E-state index contributed by atoms with van der Waals surface area (Å²) in [4.78, 5) is 21.2. The smallest absolute Gasteiger partial charge is 0.324 e. The number of carbonyl (C=O) groups excluding carboxylic acids is 1. The van der Waals surface area contributed by atoms with Crippen LogP contribution >= 0.6 is 11.3 Å². The van der Waals surface area contributed by atoms with E-state index in [0.29, 0.717) is 5.56 Å². The van der Waals surface area contributed by atoms with Crippen LogP contribution in [0.5, 0.6) is 0 Å². The van der Waals surface area contributed by atoms with Crippen LogP contribution in [0.1, 0.15) is 12.5 Å². The van der Waals surface area contributed by atoms with Gasteiger partial charge in [-0.2, -0.15) is 0 Å². The highest BCUT2D eigenvalue weighted by atomic mass is 32.1. The summed E-state index contributed by atoms with van der Waals surface area (Å²) in [6.07, 6.45) is 0.253. The maximum atomic E-state index is 11.2. The fourth-order valence-electron chi connectivity index (χ4n) is 1.15. The van der Waals surface area contributed by atoms with E-state index in [4.69, 9.17) is 10.5 Å². The van der Waals surface area contributed by atoms with Crippen molar-refractivity contribution in [2.45, 2.75) is 19.4 Å². The van der Waals surface area contributed by atoms with Crippen molar-refractivity contribution in [3.8, 4) is 0 Å². The maximum Gasteiger partial charge on any atom is 0.324 e.